The number of ether oxygens (including phenoxy) is 1. The average molecular weight is 347 g/mol. The van der Waals surface area contributed by atoms with Crippen LogP contribution in [-0.4, -0.2) is 25.0 Å². The van der Waals surface area contributed by atoms with Crippen molar-refractivity contribution >= 4 is 11.9 Å². The first-order valence-corrected chi connectivity index (χ1v) is 7.73. The van der Waals surface area contributed by atoms with Gasteiger partial charge in [0.15, 0.2) is 0 Å². The molecule has 0 aliphatic carbocycles. The Bertz CT molecular complexity index is 677. The first-order chi connectivity index (χ1) is 11.8. The van der Waals surface area contributed by atoms with Gasteiger partial charge in [0.25, 0.3) is 5.91 Å². The minimum atomic E-state index is -0.557. The standard InChI is InChI=1S/C19H19F2NO3/c1-19(2,11-22-17(23)13-3-7-15(20)8-4-13)12-25-18(24)14-5-9-16(21)10-6-14/h3-10H,11-12H2,1-2H3,(H,22,23). The average Bonchev–Trinajstić information content (AvgIpc) is 2.59. The van der Waals surface area contributed by atoms with Crippen molar-refractivity contribution < 1.29 is 23.1 Å². The van der Waals surface area contributed by atoms with Crippen LogP contribution in [-0.2, 0) is 4.74 Å². The van der Waals surface area contributed by atoms with Crippen LogP contribution in [0.15, 0.2) is 48.5 Å². The van der Waals surface area contributed by atoms with Gasteiger partial charge in [0.2, 0.25) is 0 Å². The molecule has 0 saturated heterocycles. The third kappa shape index (κ3) is 5.67. The van der Waals surface area contributed by atoms with E-state index in [0.29, 0.717) is 5.56 Å². The largest absolute Gasteiger partial charge is 0.461 e. The summed E-state index contributed by atoms with van der Waals surface area (Å²) in [6, 6.07) is 10.3. The van der Waals surface area contributed by atoms with Crippen LogP contribution in [0, 0.1) is 17.0 Å². The molecule has 1 N–H and O–H groups in total. The lowest BCUT2D eigenvalue weighted by Crippen LogP contribution is -2.37. The van der Waals surface area contributed by atoms with Crippen LogP contribution < -0.4 is 5.32 Å². The number of nitrogens with one attached hydrogen (secondary N) is 1. The number of halogens is 2. The van der Waals surface area contributed by atoms with Gasteiger partial charge in [0, 0.05) is 17.5 Å². The number of carbonyl (C=O) groups is 2. The molecule has 0 fully saturated rings. The molecule has 0 spiro atoms. The lowest BCUT2D eigenvalue weighted by Gasteiger charge is -2.24. The van der Waals surface area contributed by atoms with Gasteiger partial charge in [-0.05, 0) is 48.5 Å². The fraction of sp³-hybridized carbons (Fsp3) is 0.263. The normalized spacial score (nSPS) is 11.0. The van der Waals surface area contributed by atoms with E-state index in [2.05, 4.69) is 5.32 Å². The van der Waals surface area contributed by atoms with E-state index in [-0.39, 0.29) is 24.6 Å². The highest BCUT2D eigenvalue weighted by molar-refractivity contribution is 5.94. The van der Waals surface area contributed by atoms with Crippen molar-refractivity contribution in [2.75, 3.05) is 13.2 Å². The van der Waals surface area contributed by atoms with Crippen LogP contribution in [0.3, 0.4) is 0 Å². The Morgan fingerprint density at radius 3 is 1.92 bits per heavy atom. The van der Waals surface area contributed by atoms with Crippen molar-refractivity contribution in [2.24, 2.45) is 5.41 Å². The number of benzene rings is 2. The van der Waals surface area contributed by atoms with Crippen LogP contribution >= 0.6 is 0 Å². The summed E-state index contributed by atoms with van der Waals surface area (Å²) in [7, 11) is 0. The Balaban J connectivity index is 1.84. The van der Waals surface area contributed by atoms with E-state index in [9.17, 15) is 18.4 Å². The molecule has 0 atom stereocenters. The van der Waals surface area contributed by atoms with Gasteiger partial charge in [-0.15, -0.1) is 0 Å². The molecule has 132 valence electrons. The van der Waals surface area contributed by atoms with E-state index >= 15 is 0 Å². The molecule has 6 heteroatoms. The lowest BCUT2D eigenvalue weighted by molar-refractivity contribution is 0.0341. The van der Waals surface area contributed by atoms with Crippen molar-refractivity contribution in [3.05, 3.63) is 71.3 Å². The third-order valence-electron chi connectivity index (χ3n) is 3.51. The lowest BCUT2D eigenvalue weighted by atomic mass is 9.94. The van der Waals surface area contributed by atoms with Crippen LogP contribution in [0.25, 0.3) is 0 Å². The molecule has 0 aliphatic heterocycles. The Kier molecular flexibility index (Phi) is 5.85. The predicted octanol–water partition coefficient (Wildman–Crippen LogP) is 3.58. The third-order valence-corrected chi connectivity index (χ3v) is 3.51. The molecule has 2 aromatic rings. The Morgan fingerprint density at radius 1 is 0.920 bits per heavy atom. The number of rotatable bonds is 6. The summed E-state index contributed by atoms with van der Waals surface area (Å²) in [5.41, 5.74) is 0.0961. The SMILES string of the molecule is CC(C)(CNC(=O)c1ccc(F)cc1)COC(=O)c1ccc(F)cc1. The fourth-order valence-corrected chi connectivity index (χ4v) is 2.00. The van der Waals surface area contributed by atoms with E-state index < -0.39 is 23.0 Å². The van der Waals surface area contributed by atoms with E-state index in [4.69, 9.17) is 4.74 Å². The Hall–Kier alpha value is -2.76. The van der Waals surface area contributed by atoms with Crippen LogP contribution in [0.2, 0.25) is 0 Å². The smallest absolute Gasteiger partial charge is 0.338 e. The highest BCUT2D eigenvalue weighted by atomic mass is 19.1. The van der Waals surface area contributed by atoms with Gasteiger partial charge < -0.3 is 10.1 Å². The van der Waals surface area contributed by atoms with Crippen LogP contribution in [0.4, 0.5) is 8.78 Å². The maximum Gasteiger partial charge on any atom is 0.338 e. The molecule has 0 unspecified atom stereocenters. The molecule has 25 heavy (non-hydrogen) atoms. The summed E-state index contributed by atoms with van der Waals surface area (Å²) >= 11 is 0. The molecule has 4 nitrogen and oxygen atoms in total. The van der Waals surface area contributed by atoms with Gasteiger partial charge in [-0.2, -0.15) is 0 Å². The monoisotopic (exact) mass is 347 g/mol. The highest BCUT2D eigenvalue weighted by Crippen LogP contribution is 2.16. The van der Waals surface area contributed by atoms with Gasteiger partial charge in [-0.1, -0.05) is 13.8 Å². The van der Waals surface area contributed by atoms with Gasteiger partial charge in [-0.25, -0.2) is 13.6 Å². The van der Waals surface area contributed by atoms with Crippen molar-refractivity contribution in [1.82, 2.24) is 5.32 Å². The van der Waals surface area contributed by atoms with Crippen molar-refractivity contribution in [1.29, 1.82) is 0 Å². The van der Waals surface area contributed by atoms with E-state index in [1.165, 1.54) is 48.5 Å². The number of esters is 1. The van der Waals surface area contributed by atoms with E-state index in [0.717, 1.165) is 0 Å². The van der Waals surface area contributed by atoms with Crippen LogP contribution in [0.1, 0.15) is 34.6 Å². The first-order valence-electron chi connectivity index (χ1n) is 7.73. The zero-order chi connectivity index (χ0) is 18.4. The second-order valence-corrected chi connectivity index (χ2v) is 6.44. The molecule has 0 heterocycles. The van der Waals surface area contributed by atoms with Gasteiger partial charge in [-0.3, -0.25) is 4.79 Å². The highest BCUT2D eigenvalue weighted by Gasteiger charge is 2.22. The fourth-order valence-electron chi connectivity index (χ4n) is 2.00. The van der Waals surface area contributed by atoms with Crippen molar-refractivity contribution in [3.63, 3.8) is 0 Å². The second-order valence-electron chi connectivity index (χ2n) is 6.44. The summed E-state index contributed by atoms with van der Waals surface area (Å²) in [6.07, 6.45) is 0. The maximum absolute atomic E-state index is 12.9. The van der Waals surface area contributed by atoms with Gasteiger partial charge in [0.1, 0.15) is 11.6 Å². The van der Waals surface area contributed by atoms with Gasteiger partial charge in [0.05, 0.1) is 12.2 Å². The second kappa shape index (κ2) is 7.88. The number of amides is 1. The number of hydrogen-bond acceptors (Lipinski definition) is 3. The Labute approximate surface area is 144 Å². The minimum absolute atomic E-state index is 0.0763. The quantitative estimate of drug-likeness (QED) is 0.813. The van der Waals surface area contributed by atoms with E-state index in [1.54, 1.807) is 0 Å². The van der Waals surface area contributed by atoms with E-state index in [1.807, 2.05) is 13.8 Å². The molecule has 0 bridgehead atoms. The zero-order valence-corrected chi connectivity index (χ0v) is 14.0. The summed E-state index contributed by atoms with van der Waals surface area (Å²) < 4.78 is 30.9. The zero-order valence-electron chi connectivity index (χ0n) is 14.0. The first kappa shape index (κ1) is 18.6. The minimum Gasteiger partial charge on any atom is -0.461 e. The molecule has 0 radical (unpaired) electrons. The summed E-state index contributed by atoms with van der Waals surface area (Å²) in [5, 5.41) is 2.73. The van der Waals surface area contributed by atoms with Crippen LogP contribution in [0.5, 0.6) is 0 Å². The maximum atomic E-state index is 12.9. The molecular formula is C19H19F2NO3. The molecule has 2 aromatic carbocycles. The molecule has 0 aromatic heterocycles. The predicted molar refractivity (Wildman–Crippen MR) is 89.2 cm³/mol. The summed E-state index contributed by atoms with van der Waals surface area (Å²) in [6.45, 7) is 4.00. The molecular weight excluding hydrogens is 328 g/mol. The van der Waals surface area contributed by atoms with Crippen molar-refractivity contribution in [3.8, 4) is 0 Å². The number of carbonyl (C=O) groups excluding carboxylic acids is 2. The molecule has 1 amide bonds. The summed E-state index contributed by atoms with van der Waals surface area (Å²) in [5.74, 6) is -1.74. The molecule has 0 aliphatic rings. The number of hydrogen-bond donors (Lipinski definition) is 1. The summed E-state index contributed by atoms with van der Waals surface area (Å²) in [4.78, 5) is 23.9. The molecule has 0 saturated carbocycles. The Morgan fingerprint density at radius 2 is 1.40 bits per heavy atom. The molecule has 2 rings (SSSR count). The van der Waals surface area contributed by atoms with Gasteiger partial charge >= 0.3 is 5.97 Å². The topological polar surface area (TPSA) is 55.4 Å². The van der Waals surface area contributed by atoms with Crippen molar-refractivity contribution in [2.45, 2.75) is 13.8 Å².